The van der Waals surface area contributed by atoms with Crippen LogP contribution in [0.3, 0.4) is 0 Å². The van der Waals surface area contributed by atoms with Crippen LogP contribution in [0.5, 0.6) is 5.75 Å². The van der Waals surface area contributed by atoms with E-state index in [2.05, 4.69) is 37.7 Å². The Morgan fingerprint density at radius 1 is 1.14 bits per heavy atom. The van der Waals surface area contributed by atoms with Crippen molar-refractivity contribution in [2.45, 2.75) is 71.1 Å². The molecular formula is C30H42ClNO4. The largest absolute Gasteiger partial charge is 0.511 e. The minimum Gasteiger partial charge on any atom is -0.511 e. The third kappa shape index (κ3) is 10.2. The van der Waals surface area contributed by atoms with Gasteiger partial charge in [0.2, 0.25) is 0 Å². The predicted octanol–water partition coefficient (Wildman–Crippen LogP) is 6.57. The van der Waals surface area contributed by atoms with Crippen LogP contribution in [0.1, 0.15) is 69.2 Å². The fraction of sp³-hybridized carbons (Fsp3) is 0.467. The van der Waals surface area contributed by atoms with Gasteiger partial charge in [0.25, 0.3) is 0 Å². The van der Waals surface area contributed by atoms with E-state index in [-0.39, 0.29) is 36.4 Å². The second kappa shape index (κ2) is 17.1. The molecule has 2 aromatic carbocycles. The van der Waals surface area contributed by atoms with Gasteiger partial charge in [-0.25, -0.2) is 0 Å². The van der Waals surface area contributed by atoms with E-state index in [0.717, 1.165) is 53.9 Å². The van der Waals surface area contributed by atoms with Gasteiger partial charge < -0.3 is 25.4 Å². The van der Waals surface area contributed by atoms with Crippen molar-refractivity contribution in [3.05, 3.63) is 76.5 Å². The second-order valence-corrected chi connectivity index (χ2v) is 9.25. The minimum absolute atomic E-state index is 0.00161. The Morgan fingerprint density at radius 3 is 2.33 bits per heavy atom. The van der Waals surface area contributed by atoms with Crippen molar-refractivity contribution in [1.82, 2.24) is 5.32 Å². The highest BCUT2D eigenvalue weighted by Crippen LogP contribution is 2.36. The zero-order valence-electron chi connectivity index (χ0n) is 21.8. The zero-order chi connectivity index (χ0) is 27.1. The summed E-state index contributed by atoms with van der Waals surface area (Å²) in [6, 6.07) is 13.4. The van der Waals surface area contributed by atoms with Gasteiger partial charge in [-0.1, -0.05) is 63.2 Å². The Balaban J connectivity index is 0.000000452. The lowest BCUT2D eigenvalue weighted by atomic mass is 9.89. The smallest absolute Gasteiger partial charge is 0.115 e. The number of halogens is 1. The van der Waals surface area contributed by atoms with Gasteiger partial charge in [-0.2, -0.15) is 0 Å². The number of phenols is 1. The van der Waals surface area contributed by atoms with Crippen LogP contribution in [0.4, 0.5) is 0 Å². The number of aromatic hydroxyl groups is 1. The van der Waals surface area contributed by atoms with E-state index in [0.29, 0.717) is 12.3 Å². The molecule has 0 bridgehead atoms. The van der Waals surface area contributed by atoms with E-state index in [1.165, 1.54) is 0 Å². The molecule has 4 N–H and O–H groups in total. The first-order valence-corrected chi connectivity index (χ1v) is 13.0. The summed E-state index contributed by atoms with van der Waals surface area (Å²) in [5, 5.41) is 31.5. The van der Waals surface area contributed by atoms with Crippen molar-refractivity contribution >= 4 is 11.6 Å². The highest BCUT2D eigenvalue weighted by molar-refractivity contribution is 6.31. The molecule has 0 unspecified atom stereocenters. The number of ether oxygens (including phenoxy) is 1. The molecule has 2 fully saturated rings. The first kappa shape index (κ1) is 31.5. The fourth-order valence-electron chi connectivity index (χ4n) is 4.32. The molecule has 0 saturated carbocycles. The van der Waals surface area contributed by atoms with Crippen LogP contribution in [-0.2, 0) is 11.2 Å². The quantitative estimate of drug-likeness (QED) is 0.267. The molecule has 0 aliphatic carbocycles. The maximum Gasteiger partial charge on any atom is 0.115 e. The fourth-order valence-corrected chi connectivity index (χ4v) is 4.50. The average molecular weight is 516 g/mol. The number of hydrogen-bond donors (Lipinski definition) is 4. The number of rotatable bonds is 5. The molecule has 0 spiro atoms. The molecule has 2 saturated heterocycles. The molecule has 2 heterocycles. The normalized spacial score (nSPS) is 22.5. The van der Waals surface area contributed by atoms with Gasteiger partial charge >= 0.3 is 0 Å². The monoisotopic (exact) mass is 515 g/mol. The molecule has 4 rings (SSSR count). The van der Waals surface area contributed by atoms with E-state index >= 15 is 0 Å². The van der Waals surface area contributed by atoms with Gasteiger partial charge in [0, 0.05) is 5.02 Å². The standard InChI is InChI=1S/C20H23ClO3.C6H11NO.C2H6.C2H2/c1-13-8-18(12-22)24-20(9-13)15-4-7-19(21)16(11-15)10-14-2-5-17(23)6-3-14;1-5(8)6-3-2-4-7-6;2*1-2/h2-7,11,13,18,20,22-23H,8-10,12H2,1H3;6-8H,1-4H2;1-2H3;1-2H/t13-,18-,20+;6-;;/m00../s1. The number of hydrogen-bond acceptors (Lipinski definition) is 5. The summed E-state index contributed by atoms with van der Waals surface area (Å²) in [7, 11) is 0. The molecule has 2 aromatic rings. The highest BCUT2D eigenvalue weighted by atomic mass is 35.5. The third-order valence-electron chi connectivity index (χ3n) is 6.08. The molecule has 36 heavy (non-hydrogen) atoms. The molecule has 0 radical (unpaired) electrons. The first-order chi connectivity index (χ1) is 17.4. The van der Waals surface area contributed by atoms with E-state index < -0.39 is 0 Å². The average Bonchev–Trinajstić information content (AvgIpc) is 3.45. The maximum atomic E-state index is 9.42. The zero-order valence-corrected chi connectivity index (χ0v) is 22.5. The van der Waals surface area contributed by atoms with Crippen molar-refractivity contribution in [1.29, 1.82) is 0 Å². The van der Waals surface area contributed by atoms with Gasteiger partial charge in [0.15, 0.2) is 0 Å². The van der Waals surface area contributed by atoms with Crippen LogP contribution in [0.15, 0.2) is 54.8 Å². The SMILES string of the molecule is C#C.C=C(O)[C@@H]1CCCN1.CC.C[C@H]1C[C@@H](CO)O[C@@H](c2ccc(Cl)c(Cc3ccc(O)cc3)c2)C1. The van der Waals surface area contributed by atoms with Crippen molar-refractivity contribution in [3.63, 3.8) is 0 Å². The highest BCUT2D eigenvalue weighted by Gasteiger charge is 2.28. The Bertz CT molecular complexity index is 922. The minimum atomic E-state index is -0.0880. The van der Waals surface area contributed by atoms with Gasteiger partial charge in [-0.3, -0.25) is 0 Å². The predicted molar refractivity (Wildman–Crippen MR) is 149 cm³/mol. The van der Waals surface area contributed by atoms with Gasteiger partial charge in [-0.05, 0) is 79.5 Å². The summed E-state index contributed by atoms with van der Waals surface area (Å²) >= 11 is 6.37. The summed E-state index contributed by atoms with van der Waals surface area (Å²) in [4.78, 5) is 0. The van der Waals surface area contributed by atoms with E-state index in [4.69, 9.17) is 21.4 Å². The Labute approximate surface area is 222 Å². The van der Waals surface area contributed by atoms with Crippen molar-refractivity contribution in [2.24, 2.45) is 5.92 Å². The second-order valence-electron chi connectivity index (χ2n) is 8.84. The van der Waals surface area contributed by atoms with Crippen LogP contribution in [-0.4, -0.2) is 40.6 Å². The van der Waals surface area contributed by atoms with E-state index in [1.54, 1.807) is 12.1 Å². The van der Waals surface area contributed by atoms with Crippen LogP contribution in [0, 0.1) is 18.8 Å². The molecule has 5 nitrogen and oxygen atoms in total. The molecule has 6 heteroatoms. The molecular weight excluding hydrogens is 474 g/mol. The summed E-state index contributed by atoms with van der Waals surface area (Å²) in [5.41, 5.74) is 3.25. The third-order valence-corrected chi connectivity index (χ3v) is 6.45. The van der Waals surface area contributed by atoms with E-state index in [1.807, 2.05) is 38.1 Å². The molecule has 2 aliphatic heterocycles. The topological polar surface area (TPSA) is 82.0 Å². The lowest BCUT2D eigenvalue weighted by molar-refractivity contribution is -0.0900. The number of aliphatic hydroxyl groups is 2. The van der Waals surface area contributed by atoms with Crippen LogP contribution < -0.4 is 5.32 Å². The number of phenolic OH excluding ortho intramolecular Hbond substituents is 1. The van der Waals surface area contributed by atoms with Gasteiger partial charge in [-0.15, -0.1) is 12.8 Å². The number of aliphatic hydroxyl groups excluding tert-OH is 2. The number of terminal acetylenes is 1. The Morgan fingerprint density at radius 2 is 1.81 bits per heavy atom. The van der Waals surface area contributed by atoms with Crippen LogP contribution in [0.25, 0.3) is 0 Å². The van der Waals surface area contributed by atoms with Crippen molar-refractivity contribution < 1.29 is 20.1 Å². The molecule has 2 aliphatic rings. The molecule has 0 aromatic heterocycles. The van der Waals surface area contributed by atoms with Crippen LogP contribution >= 0.6 is 11.6 Å². The maximum absolute atomic E-state index is 9.42. The number of nitrogens with one attached hydrogen (secondary N) is 1. The summed E-state index contributed by atoms with van der Waals surface area (Å²) in [6.45, 7) is 10.7. The van der Waals surface area contributed by atoms with Gasteiger partial charge in [0.05, 0.1) is 24.9 Å². The Kier molecular flexibility index (Phi) is 14.9. The lowest BCUT2D eigenvalue weighted by Gasteiger charge is -2.33. The lowest BCUT2D eigenvalue weighted by Crippen LogP contribution is -2.29. The van der Waals surface area contributed by atoms with Crippen molar-refractivity contribution in [3.8, 4) is 18.6 Å². The molecule has 198 valence electrons. The van der Waals surface area contributed by atoms with Gasteiger partial charge in [0.1, 0.15) is 11.5 Å². The Hall–Kier alpha value is -2.49. The first-order valence-electron chi connectivity index (χ1n) is 12.6. The summed E-state index contributed by atoms with van der Waals surface area (Å²) in [5.74, 6) is 1.07. The van der Waals surface area contributed by atoms with Crippen LogP contribution in [0.2, 0.25) is 5.02 Å². The van der Waals surface area contributed by atoms with Crippen molar-refractivity contribution in [2.75, 3.05) is 13.2 Å². The summed E-state index contributed by atoms with van der Waals surface area (Å²) in [6.07, 6.45) is 12.7. The summed E-state index contributed by atoms with van der Waals surface area (Å²) < 4.78 is 6.03. The van der Waals surface area contributed by atoms with E-state index in [9.17, 15) is 10.2 Å². The molecule has 4 atom stereocenters. The number of benzene rings is 2. The molecule has 0 amide bonds.